The van der Waals surface area contributed by atoms with Crippen LogP contribution in [0.4, 0.5) is 0 Å². The topological polar surface area (TPSA) is 98.8 Å². The third-order valence-corrected chi connectivity index (χ3v) is 3.09. The summed E-state index contributed by atoms with van der Waals surface area (Å²) in [4.78, 5) is 13.2. The van der Waals surface area contributed by atoms with Crippen LogP contribution in [0.25, 0.3) is 0 Å². The van der Waals surface area contributed by atoms with E-state index >= 15 is 0 Å². The van der Waals surface area contributed by atoms with Crippen LogP contribution in [0.1, 0.15) is 12.8 Å². The Morgan fingerprint density at radius 3 is 2.82 bits per heavy atom. The summed E-state index contributed by atoms with van der Waals surface area (Å²) in [6.07, 6.45) is 1.35. The molecule has 1 rings (SSSR count). The number of likely N-dealkylation sites (tertiary alicyclic amines) is 1. The summed E-state index contributed by atoms with van der Waals surface area (Å²) >= 11 is 0. The SMILES string of the molecule is NCCN1CC(NCCCO)CC(C(=O)O)C1. The summed E-state index contributed by atoms with van der Waals surface area (Å²) in [6.45, 7) is 3.60. The minimum Gasteiger partial charge on any atom is -0.481 e. The van der Waals surface area contributed by atoms with Gasteiger partial charge in [-0.1, -0.05) is 0 Å². The van der Waals surface area contributed by atoms with Crippen molar-refractivity contribution in [1.29, 1.82) is 0 Å². The Bertz CT molecular complexity index is 238. The van der Waals surface area contributed by atoms with E-state index in [9.17, 15) is 4.79 Å². The molecule has 0 amide bonds. The number of aliphatic carboxylic acids is 1. The first kappa shape index (κ1) is 14.4. The van der Waals surface area contributed by atoms with Crippen LogP contribution < -0.4 is 11.1 Å². The van der Waals surface area contributed by atoms with E-state index in [1.807, 2.05) is 0 Å². The minimum absolute atomic E-state index is 0.161. The minimum atomic E-state index is -0.735. The van der Waals surface area contributed by atoms with Crippen molar-refractivity contribution in [2.24, 2.45) is 11.7 Å². The van der Waals surface area contributed by atoms with Crippen molar-refractivity contribution in [3.05, 3.63) is 0 Å². The number of aliphatic hydroxyl groups excluding tert-OH is 1. The number of hydrogen-bond donors (Lipinski definition) is 4. The Morgan fingerprint density at radius 2 is 2.24 bits per heavy atom. The smallest absolute Gasteiger partial charge is 0.307 e. The molecule has 100 valence electrons. The number of nitrogens with zero attached hydrogens (tertiary/aromatic N) is 1. The highest BCUT2D eigenvalue weighted by molar-refractivity contribution is 5.70. The molecule has 0 bridgehead atoms. The van der Waals surface area contributed by atoms with Crippen LogP contribution >= 0.6 is 0 Å². The van der Waals surface area contributed by atoms with Gasteiger partial charge < -0.3 is 21.3 Å². The Morgan fingerprint density at radius 1 is 1.47 bits per heavy atom. The highest BCUT2D eigenvalue weighted by atomic mass is 16.4. The maximum atomic E-state index is 11.1. The van der Waals surface area contributed by atoms with Crippen LogP contribution in [0, 0.1) is 5.92 Å². The zero-order chi connectivity index (χ0) is 12.7. The Kier molecular flexibility index (Phi) is 6.43. The summed E-state index contributed by atoms with van der Waals surface area (Å²) in [7, 11) is 0. The van der Waals surface area contributed by atoms with E-state index < -0.39 is 5.97 Å². The molecule has 0 aromatic heterocycles. The van der Waals surface area contributed by atoms with Crippen LogP contribution in [-0.4, -0.2) is 66.5 Å². The van der Waals surface area contributed by atoms with Crippen molar-refractivity contribution in [2.75, 3.05) is 39.3 Å². The van der Waals surface area contributed by atoms with Crippen molar-refractivity contribution < 1.29 is 15.0 Å². The number of hydrogen-bond acceptors (Lipinski definition) is 5. The van der Waals surface area contributed by atoms with Gasteiger partial charge in [-0.15, -0.1) is 0 Å². The van der Waals surface area contributed by atoms with Crippen LogP contribution in [0.15, 0.2) is 0 Å². The molecule has 2 atom stereocenters. The van der Waals surface area contributed by atoms with E-state index in [1.54, 1.807) is 0 Å². The first-order valence-electron chi connectivity index (χ1n) is 6.16. The quantitative estimate of drug-likeness (QED) is 0.416. The molecule has 0 spiro atoms. The first-order valence-corrected chi connectivity index (χ1v) is 6.16. The van der Waals surface area contributed by atoms with E-state index in [1.165, 1.54) is 0 Å². The van der Waals surface area contributed by atoms with Crippen LogP contribution in [0.5, 0.6) is 0 Å². The molecule has 6 nitrogen and oxygen atoms in total. The van der Waals surface area contributed by atoms with E-state index in [4.69, 9.17) is 15.9 Å². The lowest BCUT2D eigenvalue weighted by Gasteiger charge is -2.36. The molecule has 0 aromatic rings. The highest BCUT2D eigenvalue weighted by Crippen LogP contribution is 2.16. The van der Waals surface area contributed by atoms with E-state index in [0.717, 1.165) is 19.6 Å². The second-order valence-corrected chi connectivity index (χ2v) is 4.55. The number of carbonyl (C=O) groups is 1. The number of carboxylic acid groups (broad SMARTS) is 1. The zero-order valence-electron chi connectivity index (χ0n) is 10.1. The number of carboxylic acids is 1. The van der Waals surface area contributed by atoms with Gasteiger partial charge in [0.2, 0.25) is 0 Å². The molecule has 0 saturated carbocycles. The van der Waals surface area contributed by atoms with Gasteiger partial charge in [0.25, 0.3) is 0 Å². The molecular weight excluding hydrogens is 222 g/mol. The number of nitrogens with two attached hydrogens (primary N) is 1. The lowest BCUT2D eigenvalue weighted by atomic mass is 9.94. The largest absolute Gasteiger partial charge is 0.481 e. The Balaban J connectivity index is 2.43. The molecule has 1 aliphatic rings. The number of aliphatic hydroxyl groups is 1. The fourth-order valence-electron chi connectivity index (χ4n) is 2.27. The van der Waals surface area contributed by atoms with Gasteiger partial charge in [0.15, 0.2) is 0 Å². The summed E-state index contributed by atoms with van der Waals surface area (Å²) < 4.78 is 0. The Hall–Kier alpha value is -0.690. The third kappa shape index (κ3) is 4.99. The molecule has 1 saturated heterocycles. The third-order valence-electron chi connectivity index (χ3n) is 3.09. The van der Waals surface area contributed by atoms with Gasteiger partial charge in [-0.05, 0) is 19.4 Å². The van der Waals surface area contributed by atoms with E-state index in [-0.39, 0.29) is 18.6 Å². The van der Waals surface area contributed by atoms with Crippen molar-refractivity contribution >= 4 is 5.97 Å². The molecule has 17 heavy (non-hydrogen) atoms. The second kappa shape index (κ2) is 7.60. The fourth-order valence-corrected chi connectivity index (χ4v) is 2.27. The van der Waals surface area contributed by atoms with Crippen molar-refractivity contribution in [3.8, 4) is 0 Å². The Labute approximate surface area is 102 Å². The van der Waals surface area contributed by atoms with Crippen LogP contribution in [0.3, 0.4) is 0 Å². The standard InChI is InChI=1S/C11H23N3O3/c12-2-4-14-7-9(11(16)17)6-10(8-14)13-3-1-5-15/h9-10,13,15H,1-8,12H2,(H,16,17). The predicted molar refractivity (Wildman–Crippen MR) is 64.7 cm³/mol. The van der Waals surface area contributed by atoms with Crippen LogP contribution in [0.2, 0.25) is 0 Å². The van der Waals surface area contributed by atoms with Crippen molar-refractivity contribution in [2.45, 2.75) is 18.9 Å². The fraction of sp³-hybridized carbons (Fsp3) is 0.909. The molecule has 6 heteroatoms. The average molecular weight is 245 g/mol. The summed E-state index contributed by atoms with van der Waals surface area (Å²) in [5, 5.41) is 21.1. The molecule has 0 aliphatic carbocycles. The second-order valence-electron chi connectivity index (χ2n) is 4.55. The number of nitrogens with one attached hydrogen (secondary N) is 1. The molecular formula is C11H23N3O3. The van der Waals surface area contributed by atoms with E-state index in [2.05, 4.69) is 10.2 Å². The van der Waals surface area contributed by atoms with Gasteiger partial charge >= 0.3 is 5.97 Å². The lowest BCUT2D eigenvalue weighted by molar-refractivity contribution is -0.144. The van der Waals surface area contributed by atoms with Gasteiger partial charge in [0.05, 0.1) is 5.92 Å². The maximum absolute atomic E-state index is 11.1. The zero-order valence-corrected chi connectivity index (χ0v) is 10.1. The number of rotatable bonds is 7. The van der Waals surface area contributed by atoms with Crippen molar-refractivity contribution in [1.82, 2.24) is 10.2 Å². The van der Waals surface area contributed by atoms with Gasteiger partial charge in [-0.3, -0.25) is 9.69 Å². The van der Waals surface area contributed by atoms with Gasteiger partial charge in [0, 0.05) is 38.8 Å². The molecule has 1 fully saturated rings. The monoisotopic (exact) mass is 245 g/mol. The summed E-state index contributed by atoms with van der Waals surface area (Å²) in [5.74, 6) is -1.05. The summed E-state index contributed by atoms with van der Waals surface area (Å²) in [6, 6.07) is 0.183. The van der Waals surface area contributed by atoms with E-state index in [0.29, 0.717) is 25.9 Å². The van der Waals surface area contributed by atoms with Gasteiger partial charge in [-0.25, -0.2) is 0 Å². The summed E-state index contributed by atoms with van der Waals surface area (Å²) in [5.41, 5.74) is 5.51. The number of piperidine rings is 1. The van der Waals surface area contributed by atoms with Crippen molar-refractivity contribution in [3.63, 3.8) is 0 Å². The van der Waals surface area contributed by atoms with Gasteiger partial charge in [0.1, 0.15) is 0 Å². The molecule has 2 unspecified atom stereocenters. The molecule has 0 aromatic carbocycles. The average Bonchev–Trinajstić information content (AvgIpc) is 2.29. The molecule has 0 radical (unpaired) electrons. The maximum Gasteiger partial charge on any atom is 0.307 e. The lowest BCUT2D eigenvalue weighted by Crippen LogP contribution is -2.52. The molecule has 5 N–H and O–H groups in total. The van der Waals surface area contributed by atoms with Gasteiger partial charge in [-0.2, -0.15) is 0 Å². The first-order chi connectivity index (χ1) is 8.17. The van der Waals surface area contributed by atoms with Crippen LogP contribution in [-0.2, 0) is 4.79 Å². The molecule has 1 aliphatic heterocycles. The normalized spacial score (nSPS) is 26.0. The highest BCUT2D eigenvalue weighted by Gasteiger charge is 2.30. The predicted octanol–water partition coefficient (Wildman–Crippen LogP) is -1.31. The molecule has 1 heterocycles.